The van der Waals surface area contributed by atoms with E-state index in [1.807, 2.05) is 0 Å². The lowest BCUT2D eigenvalue weighted by atomic mass is 9.79. The van der Waals surface area contributed by atoms with Gasteiger partial charge in [-0.3, -0.25) is 4.79 Å². The number of carboxylic acid groups (broad SMARTS) is 1. The number of aliphatic carboxylic acids is 1. The van der Waals surface area contributed by atoms with Crippen LogP contribution < -0.4 is 0 Å². The van der Waals surface area contributed by atoms with Gasteiger partial charge in [-0.05, 0) is 38.5 Å². The van der Waals surface area contributed by atoms with Gasteiger partial charge in [-0.15, -0.1) is 0 Å². The molecular weight excluding hydrogens is 236 g/mol. The van der Waals surface area contributed by atoms with Gasteiger partial charge >= 0.3 is 5.97 Å². The van der Waals surface area contributed by atoms with Gasteiger partial charge in [0.05, 0.1) is 24.2 Å². The van der Waals surface area contributed by atoms with Crippen molar-refractivity contribution in [1.82, 2.24) is 0 Å². The van der Waals surface area contributed by atoms with Crippen LogP contribution >= 0.6 is 0 Å². The third-order valence-corrected chi connectivity index (χ3v) is 4.02. The van der Waals surface area contributed by atoms with E-state index < -0.39 is 11.6 Å². The lowest BCUT2D eigenvalue weighted by molar-refractivity contribution is -0.148. The van der Waals surface area contributed by atoms with Crippen LogP contribution in [0, 0.1) is 5.92 Å². The molecule has 2 fully saturated rings. The second kappa shape index (κ2) is 5.99. The van der Waals surface area contributed by atoms with Gasteiger partial charge in [-0.25, -0.2) is 0 Å². The second-order valence-electron chi connectivity index (χ2n) is 5.46. The zero-order valence-corrected chi connectivity index (χ0v) is 10.6. The highest BCUT2D eigenvalue weighted by Crippen LogP contribution is 2.33. The number of hydrogen-bond acceptors (Lipinski definition) is 4. The molecule has 1 saturated heterocycles. The number of rotatable bonds is 4. The maximum absolute atomic E-state index is 10.8. The molecule has 0 bridgehead atoms. The first kappa shape index (κ1) is 13.8. The first-order valence-electron chi connectivity index (χ1n) is 6.74. The normalized spacial score (nSPS) is 34.4. The molecule has 0 aromatic carbocycles. The van der Waals surface area contributed by atoms with Crippen molar-refractivity contribution in [2.75, 3.05) is 19.8 Å². The fraction of sp³-hybridized carbons (Fsp3) is 0.923. The highest BCUT2D eigenvalue weighted by molar-refractivity contribution is 5.70. The van der Waals surface area contributed by atoms with Gasteiger partial charge in [0.25, 0.3) is 0 Å². The molecule has 0 radical (unpaired) electrons. The Hall–Kier alpha value is -0.650. The zero-order chi connectivity index (χ0) is 13.0. The number of ether oxygens (including phenoxy) is 2. The summed E-state index contributed by atoms with van der Waals surface area (Å²) in [5, 5.41) is 19.3. The van der Waals surface area contributed by atoms with E-state index in [9.17, 15) is 9.90 Å². The quantitative estimate of drug-likeness (QED) is 0.792. The number of carboxylic acids is 1. The minimum atomic E-state index is -0.829. The highest BCUT2D eigenvalue weighted by Gasteiger charge is 2.36. The fourth-order valence-electron chi connectivity index (χ4n) is 2.66. The second-order valence-corrected chi connectivity index (χ2v) is 5.46. The van der Waals surface area contributed by atoms with E-state index in [1.165, 1.54) is 0 Å². The fourth-order valence-corrected chi connectivity index (χ4v) is 2.66. The third-order valence-electron chi connectivity index (χ3n) is 4.02. The number of hydrogen-bond donors (Lipinski definition) is 2. The van der Waals surface area contributed by atoms with Gasteiger partial charge in [0.15, 0.2) is 0 Å². The minimum absolute atomic E-state index is 0.181. The Bertz CT molecular complexity index is 277. The Morgan fingerprint density at radius 3 is 2.39 bits per heavy atom. The van der Waals surface area contributed by atoms with Crippen molar-refractivity contribution < 1.29 is 24.5 Å². The summed E-state index contributed by atoms with van der Waals surface area (Å²) in [5.41, 5.74) is -0.829. The highest BCUT2D eigenvalue weighted by atomic mass is 16.5. The molecule has 104 valence electrons. The van der Waals surface area contributed by atoms with Gasteiger partial charge in [-0.1, -0.05) is 0 Å². The third kappa shape index (κ3) is 3.67. The van der Waals surface area contributed by atoms with Gasteiger partial charge in [0.1, 0.15) is 0 Å². The molecule has 1 heterocycles. The molecule has 0 aromatic rings. The van der Waals surface area contributed by atoms with E-state index in [1.54, 1.807) is 0 Å². The molecular formula is C13H22O5. The smallest absolute Gasteiger partial charge is 0.306 e. The van der Waals surface area contributed by atoms with Crippen LogP contribution in [-0.4, -0.2) is 47.7 Å². The van der Waals surface area contributed by atoms with E-state index >= 15 is 0 Å². The first-order valence-corrected chi connectivity index (χ1v) is 6.74. The van der Waals surface area contributed by atoms with Crippen molar-refractivity contribution in [3.05, 3.63) is 0 Å². The largest absolute Gasteiger partial charge is 0.481 e. The monoisotopic (exact) mass is 258 g/mol. The van der Waals surface area contributed by atoms with Crippen LogP contribution in [0.5, 0.6) is 0 Å². The molecule has 5 nitrogen and oxygen atoms in total. The summed E-state index contributed by atoms with van der Waals surface area (Å²) in [4.78, 5) is 10.8. The predicted octanol–water partition coefficient (Wildman–Crippen LogP) is 1.19. The molecule has 1 aliphatic heterocycles. The van der Waals surface area contributed by atoms with E-state index in [2.05, 4.69) is 0 Å². The molecule has 0 aromatic heterocycles. The average molecular weight is 258 g/mol. The van der Waals surface area contributed by atoms with Crippen LogP contribution in [0.15, 0.2) is 0 Å². The van der Waals surface area contributed by atoms with Crippen molar-refractivity contribution in [2.45, 2.75) is 50.2 Å². The molecule has 2 rings (SSSR count). The van der Waals surface area contributed by atoms with Crippen LogP contribution in [0.1, 0.15) is 38.5 Å². The van der Waals surface area contributed by atoms with Gasteiger partial charge in [-0.2, -0.15) is 0 Å². The van der Waals surface area contributed by atoms with E-state index in [0.717, 1.165) is 26.1 Å². The Kier molecular flexibility index (Phi) is 4.59. The zero-order valence-electron chi connectivity index (χ0n) is 10.6. The van der Waals surface area contributed by atoms with Crippen LogP contribution in [0.25, 0.3) is 0 Å². The van der Waals surface area contributed by atoms with Crippen molar-refractivity contribution >= 4 is 5.97 Å². The minimum Gasteiger partial charge on any atom is -0.481 e. The van der Waals surface area contributed by atoms with Crippen LogP contribution in [0.3, 0.4) is 0 Å². The molecule has 0 spiro atoms. The van der Waals surface area contributed by atoms with E-state index in [-0.39, 0.29) is 12.0 Å². The summed E-state index contributed by atoms with van der Waals surface area (Å²) in [7, 11) is 0. The average Bonchev–Trinajstić information content (AvgIpc) is 2.38. The summed E-state index contributed by atoms with van der Waals surface area (Å²) in [6.07, 6.45) is 4.08. The molecule has 1 aliphatic carbocycles. The lowest BCUT2D eigenvalue weighted by Gasteiger charge is -2.36. The summed E-state index contributed by atoms with van der Waals surface area (Å²) >= 11 is 0. The van der Waals surface area contributed by atoms with E-state index in [4.69, 9.17) is 14.6 Å². The summed E-state index contributed by atoms with van der Waals surface area (Å²) in [6.45, 7) is 1.78. The Morgan fingerprint density at radius 2 is 1.83 bits per heavy atom. The number of aliphatic hydroxyl groups is 1. The van der Waals surface area contributed by atoms with Gasteiger partial charge < -0.3 is 19.7 Å². The van der Waals surface area contributed by atoms with Crippen molar-refractivity contribution in [3.63, 3.8) is 0 Å². The maximum atomic E-state index is 10.8. The topological polar surface area (TPSA) is 76.0 Å². The lowest BCUT2D eigenvalue weighted by Crippen LogP contribution is -2.41. The SMILES string of the molecule is O=C(O)C1CCC(O)(COC2CCOCC2)CC1. The van der Waals surface area contributed by atoms with Crippen molar-refractivity contribution in [1.29, 1.82) is 0 Å². The molecule has 2 N–H and O–H groups in total. The van der Waals surface area contributed by atoms with Crippen molar-refractivity contribution in [3.8, 4) is 0 Å². The molecule has 2 aliphatic rings. The summed E-state index contributed by atoms with van der Waals surface area (Å²) in [6, 6.07) is 0. The molecule has 0 atom stereocenters. The summed E-state index contributed by atoms with van der Waals surface area (Å²) < 4.78 is 11.0. The predicted molar refractivity (Wildman–Crippen MR) is 64.3 cm³/mol. The molecule has 0 unspecified atom stereocenters. The van der Waals surface area contributed by atoms with Crippen molar-refractivity contribution in [2.24, 2.45) is 5.92 Å². The van der Waals surface area contributed by atoms with Gasteiger partial charge in [0.2, 0.25) is 0 Å². The molecule has 5 heteroatoms. The summed E-state index contributed by atoms with van der Waals surface area (Å²) in [5.74, 6) is -1.05. The van der Waals surface area contributed by atoms with Crippen LogP contribution in [0.4, 0.5) is 0 Å². The number of carbonyl (C=O) groups is 1. The van der Waals surface area contributed by atoms with Crippen LogP contribution in [-0.2, 0) is 14.3 Å². The standard InChI is InChI=1S/C13H22O5/c14-12(15)10-1-5-13(16,6-2-10)9-18-11-3-7-17-8-4-11/h10-11,16H,1-9H2,(H,14,15). The molecule has 18 heavy (non-hydrogen) atoms. The van der Waals surface area contributed by atoms with Gasteiger partial charge in [0, 0.05) is 13.2 Å². The molecule has 1 saturated carbocycles. The molecule has 0 amide bonds. The maximum Gasteiger partial charge on any atom is 0.306 e. The van der Waals surface area contributed by atoms with Crippen LogP contribution in [0.2, 0.25) is 0 Å². The Balaban J connectivity index is 1.73. The Labute approximate surface area is 107 Å². The Morgan fingerprint density at radius 1 is 1.22 bits per heavy atom. The first-order chi connectivity index (χ1) is 8.59. The van der Waals surface area contributed by atoms with E-state index in [0.29, 0.717) is 32.3 Å².